The van der Waals surface area contributed by atoms with E-state index >= 15 is 4.39 Å². The first kappa shape index (κ1) is 18.8. The van der Waals surface area contributed by atoms with Gasteiger partial charge in [-0.3, -0.25) is 9.36 Å². The third-order valence-electron chi connectivity index (χ3n) is 6.08. The minimum Gasteiger partial charge on any atom is -0.492 e. The maximum Gasteiger partial charge on any atom is 0.350 e. The Labute approximate surface area is 160 Å². The van der Waals surface area contributed by atoms with E-state index in [4.69, 9.17) is 10.6 Å². The number of aliphatic hydroxyl groups excluding tert-OH is 1. The Morgan fingerprint density at radius 1 is 1.36 bits per heavy atom. The van der Waals surface area contributed by atoms with Gasteiger partial charge in [-0.2, -0.15) is 4.68 Å². The average Bonchev–Trinajstić information content (AvgIpc) is 3.43. The summed E-state index contributed by atoms with van der Waals surface area (Å²) in [6, 6.07) is 1.05. The summed E-state index contributed by atoms with van der Waals surface area (Å²) in [7, 11) is 1.40. The molecule has 0 radical (unpaired) electrons. The SMILES string of the molecule is COc1c(N2CC(CO)C(C)(C)C2)c(F)cc2c(=O)n(N)c(=O)n(C3CC3)c12. The molecule has 2 fully saturated rings. The topological polar surface area (TPSA) is 103 Å². The fraction of sp³-hybridized carbons (Fsp3) is 0.579. The molecule has 0 spiro atoms. The molecule has 0 bridgehead atoms. The molecular formula is C19H25FN4O4. The molecule has 9 heteroatoms. The van der Waals surface area contributed by atoms with Gasteiger partial charge in [0.1, 0.15) is 11.2 Å². The predicted octanol–water partition coefficient (Wildman–Crippen LogP) is 0.814. The Hall–Kier alpha value is -2.55. The van der Waals surface area contributed by atoms with Gasteiger partial charge >= 0.3 is 5.69 Å². The van der Waals surface area contributed by atoms with Gasteiger partial charge in [0.25, 0.3) is 5.56 Å². The highest BCUT2D eigenvalue weighted by Crippen LogP contribution is 2.46. The van der Waals surface area contributed by atoms with E-state index in [1.165, 1.54) is 11.7 Å². The van der Waals surface area contributed by atoms with Crippen molar-refractivity contribution in [2.75, 3.05) is 37.5 Å². The summed E-state index contributed by atoms with van der Waals surface area (Å²) in [5, 5.41) is 9.73. The van der Waals surface area contributed by atoms with Crippen LogP contribution >= 0.6 is 0 Å². The number of nitrogen functional groups attached to an aromatic ring is 1. The van der Waals surface area contributed by atoms with Crippen LogP contribution < -0.4 is 26.7 Å². The van der Waals surface area contributed by atoms with Crippen LogP contribution in [0.5, 0.6) is 5.75 Å². The summed E-state index contributed by atoms with van der Waals surface area (Å²) >= 11 is 0. The van der Waals surface area contributed by atoms with Crippen molar-refractivity contribution >= 4 is 16.6 Å². The maximum atomic E-state index is 15.2. The summed E-state index contributed by atoms with van der Waals surface area (Å²) in [5.74, 6) is 5.17. The molecule has 152 valence electrons. The van der Waals surface area contributed by atoms with Gasteiger partial charge in [0, 0.05) is 31.7 Å². The van der Waals surface area contributed by atoms with Crippen molar-refractivity contribution in [3.8, 4) is 5.75 Å². The van der Waals surface area contributed by atoms with Crippen LogP contribution in [0.15, 0.2) is 15.7 Å². The lowest BCUT2D eigenvalue weighted by molar-refractivity contribution is 0.161. The van der Waals surface area contributed by atoms with Crippen LogP contribution in [0, 0.1) is 17.2 Å². The van der Waals surface area contributed by atoms with Crippen LogP contribution in [0.2, 0.25) is 0 Å². The molecule has 1 aromatic carbocycles. The molecule has 8 nitrogen and oxygen atoms in total. The molecule has 1 saturated heterocycles. The van der Waals surface area contributed by atoms with Crippen LogP contribution in [0.1, 0.15) is 32.7 Å². The number of nitrogens with two attached hydrogens (primary N) is 1. The number of fused-ring (bicyclic) bond motifs is 1. The molecule has 1 atom stereocenters. The van der Waals surface area contributed by atoms with Crippen molar-refractivity contribution in [1.29, 1.82) is 0 Å². The number of ether oxygens (including phenoxy) is 1. The van der Waals surface area contributed by atoms with Crippen molar-refractivity contribution in [3.63, 3.8) is 0 Å². The summed E-state index contributed by atoms with van der Waals surface area (Å²) in [6.45, 7) is 4.99. The molecule has 1 saturated carbocycles. The first-order valence-corrected chi connectivity index (χ1v) is 9.40. The molecule has 28 heavy (non-hydrogen) atoms. The molecule has 1 aliphatic carbocycles. The molecule has 1 unspecified atom stereocenters. The Bertz CT molecular complexity index is 1070. The molecule has 1 aromatic heterocycles. The number of halogens is 1. The van der Waals surface area contributed by atoms with E-state index in [1.807, 2.05) is 18.7 Å². The number of aromatic nitrogens is 2. The third kappa shape index (κ3) is 2.60. The van der Waals surface area contributed by atoms with E-state index in [1.54, 1.807) is 0 Å². The monoisotopic (exact) mass is 392 g/mol. The minimum absolute atomic E-state index is 0.00825. The number of methoxy groups -OCH3 is 1. The summed E-state index contributed by atoms with van der Waals surface area (Å²) in [6.07, 6.45) is 1.57. The van der Waals surface area contributed by atoms with E-state index in [-0.39, 0.29) is 46.3 Å². The normalized spacial score (nSPS) is 21.5. The quantitative estimate of drug-likeness (QED) is 0.747. The summed E-state index contributed by atoms with van der Waals surface area (Å²) in [5.41, 5.74) is -1.12. The second-order valence-electron chi connectivity index (χ2n) is 8.44. The van der Waals surface area contributed by atoms with Gasteiger partial charge in [-0.1, -0.05) is 13.8 Å². The number of hydrogen-bond donors (Lipinski definition) is 2. The van der Waals surface area contributed by atoms with Crippen LogP contribution in [-0.2, 0) is 0 Å². The van der Waals surface area contributed by atoms with Gasteiger partial charge in [0.2, 0.25) is 0 Å². The highest BCUT2D eigenvalue weighted by Gasteiger charge is 2.41. The molecular weight excluding hydrogens is 367 g/mol. The van der Waals surface area contributed by atoms with E-state index in [0.717, 1.165) is 18.9 Å². The number of nitrogens with zero attached hydrogens (tertiary/aromatic N) is 3. The van der Waals surface area contributed by atoms with Gasteiger partial charge in [0.05, 0.1) is 12.5 Å². The maximum absolute atomic E-state index is 15.2. The van der Waals surface area contributed by atoms with Crippen LogP contribution in [0.3, 0.4) is 0 Å². The van der Waals surface area contributed by atoms with E-state index in [2.05, 4.69) is 0 Å². The minimum atomic E-state index is -0.754. The fourth-order valence-electron chi connectivity index (χ4n) is 4.27. The van der Waals surface area contributed by atoms with Crippen LogP contribution in [0.25, 0.3) is 10.9 Å². The Kier molecular flexibility index (Phi) is 4.18. The smallest absolute Gasteiger partial charge is 0.350 e. The number of hydrogen-bond acceptors (Lipinski definition) is 6. The lowest BCUT2D eigenvalue weighted by Crippen LogP contribution is -2.44. The predicted molar refractivity (Wildman–Crippen MR) is 104 cm³/mol. The number of aliphatic hydroxyl groups is 1. The second-order valence-corrected chi connectivity index (χ2v) is 8.44. The summed E-state index contributed by atoms with van der Waals surface area (Å²) < 4.78 is 22.7. The number of benzene rings is 1. The molecule has 1 aliphatic heterocycles. The van der Waals surface area contributed by atoms with E-state index in [0.29, 0.717) is 17.8 Å². The molecule has 3 N–H and O–H groups in total. The van der Waals surface area contributed by atoms with Gasteiger partial charge in [-0.15, -0.1) is 0 Å². The summed E-state index contributed by atoms with van der Waals surface area (Å²) in [4.78, 5) is 27.1. The fourth-order valence-corrected chi connectivity index (χ4v) is 4.27. The Morgan fingerprint density at radius 3 is 2.57 bits per heavy atom. The first-order valence-electron chi connectivity index (χ1n) is 9.40. The van der Waals surface area contributed by atoms with E-state index in [9.17, 15) is 14.7 Å². The highest BCUT2D eigenvalue weighted by atomic mass is 19.1. The molecule has 2 aromatic rings. The first-order chi connectivity index (χ1) is 13.2. The zero-order chi connectivity index (χ0) is 20.4. The van der Waals surface area contributed by atoms with Crippen molar-refractivity contribution in [1.82, 2.24) is 9.24 Å². The van der Waals surface area contributed by atoms with Gasteiger partial charge < -0.3 is 20.6 Å². The Morgan fingerprint density at radius 2 is 2.04 bits per heavy atom. The zero-order valence-electron chi connectivity index (χ0n) is 16.2. The third-order valence-corrected chi connectivity index (χ3v) is 6.08. The number of rotatable bonds is 4. The lowest BCUT2D eigenvalue weighted by atomic mass is 9.83. The van der Waals surface area contributed by atoms with Crippen molar-refractivity contribution in [2.45, 2.75) is 32.7 Å². The second kappa shape index (κ2) is 6.23. The van der Waals surface area contributed by atoms with Gasteiger partial charge in [-0.05, 0) is 24.3 Å². The molecule has 0 amide bonds. The van der Waals surface area contributed by atoms with Crippen molar-refractivity contribution < 1.29 is 14.2 Å². The average molecular weight is 392 g/mol. The number of anilines is 1. The molecule has 2 aliphatic rings. The van der Waals surface area contributed by atoms with Gasteiger partial charge in [0.15, 0.2) is 11.6 Å². The zero-order valence-corrected chi connectivity index (χ0v) is 16.2. The van der Waals surface area contributed by atoms with Crippen molar-refractivity contribution in [2.24, 2.45) is 11.3 Å². The molecule has 4 rings (SSSR count). The molecule has 2 heterocycles. The largest absolute Gasteiger partial charge is 0.492 e. The van der Waals surface area contributed by atoms with Crippen LogP contribution in [0.4, 0.5) is 10.1 Å². The standard InChI is InChI=1S/C19H25FN4O4/c1-19(2)9-22(7-10(19)8-25)15-13(20)6-12-14(16(15)28-3)23(11-4-5-11)18(27)24(21)17(12)26/h6,10-11,25H,4-5,7-9,21H2,1-3H3. The van der Waals surface area contributed by atoms with Crippen LogP contribution in [-0.4, -0.2) is 41.2 Å². The van der Waals surface area contributed by atoms with Gasteiger partial charge in [-0.25, -0.2) is 9.18 Å². The van der Waals surface area contributed by atoms with E-state index < -0.39 is 17.1 Å². The van der Waals surface area contributed by atoms with Crippen molar-refractivity contribution in [3.05, 3.63) is 32.7 Å². The lowest BCUT2D eigenvalue weighted by Gasteiger charge is -2.26. The Balaban J connectivity index is 2.03. The highest BCUT2D eigenvalue weighted by molar-refractivity contribution is 5.91.